The molecule has 2 aliphatic rings. The molecule has 2 aliphatic heterocycles. The van der Waals surface area contributed by atoms with Crippen LogP contribution < -0.4 is 5.32 Å². The monoisotopic (exact) mass is 316 g/mol. The zero-order chi connectivity index (χ0) is 16.7. The molecule has 3 rings (SSSR count). The van der Waals surface area contributed by atoms with Gasteiger partial charge in [-0.2, -0.15) is 0 Å². The highest BCUT2D eigenvalue weighted by atomic mass is 16.6. The normalized spacial score (nSPS) is 20.0. The van der Waals surface area contributed by atoms with E-state index in [1.54, 1.807) is 4.90 Å². The molecule has 2 heterocycles. The average molecular weight is 316 g/mol. The number of ether oxygens (including phenoxy) is 1. The third-order valence-electron chi connectivity index (χ3n) is 4.70. The number of benzene rings is 1. The predicted molar refractivity (Wildman–Crippen MR) is 87.5 cm³/mol. The second-order valence-electron chi connectivity index (χ2n) is 7.48. The Morgan fingerprint density at radius 1 is 1.22 bits per heavy atom. The first kappa shape index (κ1) is 15.8. The standard InChI is InChI=1S/C18H24N2O3/c1-17(2,3)23-16(22)20-10-8-18(9-11-20)12-19-15(21)13-6-4-5-7-14(13)18/h4-7H,8-12H2,1-3H3,(H,19,21). The smallest absolute Gasteiger partial charge is 0.410 e. The Kier molecular flexibility index (Phi) is 3.82. The summed E-state index contributed by atoms with van der Waals surface area (Å²) in [6, 6.07) is 7.82. The lowest BCUT2D eigenvalue weighted by molar-refractivity contribution is 0.0158. The number of carbonyl (C=O) groups is 2. The van der Waals surface area contributed by atoms with Crippen molar-refractivity contribution in [3.63, 3.8) is 0 Å². The summed E-state index contributed by atoms with van der Waals surface area (Å²) in [7, 11) is 0. The molecule has 0 saturated carbocycles. The fourth-order valence-electron chi connectivity index (χ4n) is 3.47. The average Bonchev–Trinajstić information content (AvgIpc) is 2.51. The minimum atomic E-state index is -0.475. The van der Waals surface area contributed by atoms with Crippen LogP contribution in [-0.2, 0) is 10.2 Å². The van der Waals surface area contributed by atoms with Gasteiger partial charge in [0.05, 0.1) is 0 Å². The van der Waals surface area contributed by atoms with E-state index in [2.05, 4.69) is 11.4 Å². The van der Waals surface area contributed by atoms with E-state index in [0.29, 0.717) is 19.6 Å². The first-order valence-corrected chi connectivity index (χ1v) is 8.16. The Morgan fingerprint density at radius 2 is 1.87 bits per heavy atom. The van der Waals surface area contributed by atoms with Crippen LogP contribution >= 0.6 is 0 Å². The summed E-state index contributed by atoms with van der Waals surface area (Å²) in [5, 5.41) is 3.01. The summed E-state index contributed by atoms with van der Waals surface area (Å²) < 4.78 is 5.46. The molecule has 0 bridgehead atoms. The summed E-state index contributed by atoms with van der Waals surface area (Å²) in [6.07, 6.45) is 1.42. The van der Waals surface area contributed by atoms with E-state index < -0.39 is 5.60 Å². The van der Waals surface area contributed by atoms with Gasteiger partial charge in [0.15, 0.2) is 0 Å². The minimum absolute atomic E-state index is 0.000738. The van der Waals surface area contributed by atoms with Crippen molar-refractivity contribution in [3.8, 4) is 0 Å². The highest BCUT2D eigenvalue weighted by Crippen LogP contribution is 2.39. The fourth-order valence-corrected chi connectivity index (χ4v) is 3.47. The van der Waals surface area contributed by atoms with E-state index in [1.165, 1.54) is 0 Å². The maximum absolute atomic E-state index is 12.2. The van der Waals surface area contributed by atoms with Crippen molar-refractivity contribution in [2.24, 2.45) is 0 Å². The number of rotatable bonds is 0. The summed E-state index contributed by atoms with van der Waals surface area (Å²) >= 11 is 0. The van der Waals surface area contributed by atoms with E-state index in [1.807, 2.05) is 39.0 Å². The number of fused-ring (bicyclic) bond motifs is 2. The molecule has 23 heavy (non-hydrogen) atoms. The van der Waals surface area contributed by atoms with E-state index in [4.69, 9.17) is 4.74 Å². The van der Waals surface area contributed by atoms with Crippen LogP contribution in [0.5, 0.6) is 0 Å². The molecule has 124 valence electrons. The van der Waals surface area contributed by atoms with Gasteiger partial charge < -0.3 is 15.0 Å². The van der Waals surface area contributed by atoms with E-state index in [9.17, 15) is 9.59 Å². The van der Waals surface area contributed by atoms with Gasteiger partial charge in [0.1, 0.15) is 5.60 Å². The van der Waals surface area contributed by atoms with Crippen molar-refractivity contribution in [1.82, 2.24) is 10.2 Å². The van der Waals surface area contributed by atoms with Crippen LogP contribution in [-0.4, -0.2) is 42.1 Å². The molecule has 1 saturated heterocycles. The van der Waals surface area contributed by atoms with Crippen molar-refractivity contribution in [3.05, 3.63) is 35.4 Å². The Hall–Kier alpha value is -2.04. The van der Waals surface area contributed by atoms with Crippen LogP contribution in [0.15, 0.2) is 24.3 Å². The highest BCUT2D eigenvalue weighted by Gasteiger charge is 2.42. The van der Waals surface area contributed by atoms with Crippen LogP contribution in [0.25, 0.3) is 0 Å². The van der Waals surface area contributed by atoms with Crippen molar-refractivity contribution in [2.45, 2.75) is 44.6 Å². The molecule has 0 atom stereocenters. The molecule has 0 aromatic heterocycles. The Labute approximate surface area is 137 Å². The van der Waals surface area contributed by atoms with Crippen molar-refractivity contribution < 1.29 is 14.3 Å². The van der Waals surface area contributed by atoms with Gasteiger partial charge in [-0.25, -0.2) is 4.79 Å². The van der Waals surface area contributed by atoms with Gasteiger partial charge in [-0.3, -0.25) is 4.79 Å². The minimum Gasteiger partial charge on any atom is -0.444 e. The Morgan fingerprint density at radius 3 is 2.52 bits per heavy atom. The van der Waals surface area contributed by atoms with Gasteiger partial charge in [0.2, 0.25) is 0 Å². The molecule has 1 fully saturated rings. The van der Waals surface area contributed by atoms with Gasteiger partial charge in [-0.15, -0.1) is 0 Å². The predicted octanol–water partition coefficient (Wildman–Crippen LogP) is 2.70. The largest absolute Gasteiger partial charge is 0.444 e. The zero-order valence-electron chi connectivity index (χ0n) is 14.0. The summed E-state index contributed by atoms with van der Waals surface area (Å²) in [5.41, 5.74) is 1.35. The second-order valence-corrected chi connectivity index (χ2v) is 7.48. The van der Waals surface area contributed by atoms with Gasteiger partial charge in [0.25, 0.3) is 5.91 Å². The van der Waals surface area contributed by atoms with E-state index in [0.717, 1.165) is 24.0 Å². The molecule has 1 aromatic carbocycles. The number of amides is 2. The SMILES string of the molecule is CC(C)(C)OC(=O)N1CCC2(CC1)CNC(=O)c1ccccc12. The molecule has 0 unspecified atom stereocenters. The fraction of sp³-hybridized carbons (Fsp3) is 0.556. The topological polar surface area (TPSA) is 58.6 Å². The quantitative estimate of drug-likeness (QED) is 0.800. The number of carbonyl (C=O) groups excluding carboxylic acids is 2. The number of hydrogen-bond donors (Lipinski definition) is 1. The first-order valence-electron chi connectivity index (χ1n) is 8.16. The van der Waals surface area contributed by atoms with E-state index >= 15 is 0 Å². The lowest BCUT2D eigenvalue weighted by atomic mass is 9.69. The number of nitrogens with one attached hydrogen (secondary N) is 1. The lowest BCUT2D eigenvalue weighted by Crippen LogP contribution is -2.54. The molecule has 1 spiro atoms. The maximum Gasteiger partial charge on any atom is 0.410 e. The third-order valence-corrected chi connectivity index (χ3v) is 4.70. The van der Waals surface area contributed by atoms with Crippen LogP contribution in [0.4, 0.5) is 4.79 Å². The summed E-state index contributed by atoms with van der Waals surface area (Å²) in [4.78, 5) is 26.0. The third kappa shape index (κ3) is 3.05. The van der Waals surface area contributed by atoms with Crippen LogP contribution in [0.2, 0.25) is 0 Å². The number of hydrogen-bond acceptors (Lipinski definition) is 3. The van der Waals surface area contributed by atoms with Crippen LogP contribution in [0.3, 0.4) is 0 Å². The lowest BCUT2D eigenvalue weighted by Gasteiger charge is -2.45. The van der Waals surface area contributed by atoms with Gasteiger partial charge in [-0.1, -0.05) is 18.2 Å². The Bertz CT molecular complexity index is 625. The van der Waals surface area contributed by atoms with Gasteiger partial charge in [0, 0.05) is 30.6 Å². The molecular formula is C18H24N2O3. The molecular weight excluding hydrogens is 292 g/mol. The van der Waals surface area contributed by atoms with Gasteiger partial charge in [-0.05, 0) is 45.2 Å². The van der Waals surface area contributed by atoms with Crippen molar-refractivity contribution in [2.75, 3.05) is 19.6 Å². The molecule has 5 nitrogen and oxygen atoms in total. The molecule has 0 aliphatic carbocycles. The molecule has 1 aromatic rings. The first-order chi connectivity index (χ1) is 10.8. The van der Waals surface area contributed by atoms with Gasteiger partial charge >= 0.3 is 6.09 Å². The molecule has 1 N–H and O–H groups in total. The molecule has 2 amide bonds. The summed E-state index contributed by atoms with van der Waals surface area (Å²) in [5.74, 6) is 0.000738. The Balaban J connectivity index is 1.75. The van der Waals surface area contributed by atoms with Crippen molar-refractivity contribution >= 4 is 12.0 Å². The number of piperidine rings is 1. The number of nitrogens with zero attached hydrogens (tertiary/aromatic N) is 1. The zero-order valence-corrected chi connectivity index (χ0v) is 14.0. The summed E-state index contributed by atoms with van der Waals surface area (Å²) in [6.45, 7) is 7.58. The second kappa shape index (κ2) is 5.55. The van der Waals surface area contributed by atoms with Crippen LogP contribution in [0.1, 0.15) is 49.5 Å². The van der Waals surface area contributed by atoms with Crippen molar-refractivity contribution in [1.29, 1.82) is 0 Å². The van der Waals surface area contributed by atoms with Crippen LogP contribution in [0, 0.1) is 0 Å². The molecule has 0 radical (unpaired) electrons. The number of likely N-dealkylation sites (tertiary alicyclic amines) is 1. The molecule has 5 heteroatoms. The highest BCUT2D eigenvalue weighted by molar-refractivity contribution is 5.97. The van der Waals surface area contributed by atoms with E-state index in [-0.39, 0.29) is 17.4 Å². The maximum atomic E-state index is 12.2.